The first kappa shape index (κ1) is 17.4. The van der Waals surface area contributed by atoms with Gasteiger partial charge in [-0.1, -0.05) is 0 Å². The van der Waals surface area contributed by atoms with E-state index >= 15 is 0 Å². The Bertz CT molecular complexity index is 697. The van der Waals surface area contributed by atoms with Gasteiger partial charge in [0.15, 0.2) is 0 Å². The van der Waals surface area contributed by atoms with Gasteiger partial charge in [-0.15, -0.1) is 0 Å². The third-order valence-electron chi connectivity index (χ3n) is 4.66. The number of ether oxygens (including phenoxy) is 1. The summed E-state index contributed by atoms with van der Waals surface area (Å²) in [5.41, 5.74) is 2.97. The molecule has 25 heavy (non-hydrogen) atoms. The molecule has 1 aromatic carbocycles. The Morgan fingerprint density at radius 2 is 2.16 bits per heavy atom. The maximum Gasteiger partial charge on any atom is 0.251 e. The molecule has 1 fully saturated rings. The Morgan fingerprint density at radius 3 is 2.88 bits per heavy atom. The van der Waals surface area contributed by atoms with Gasteiger partial charge in [-0.2, -0.15) is 0 Å². The van der Waals surface area contributed by atoms with Crippen molar-refractivity contribution >= 4 is 5.91 Å². The number of benzene rings is 1. The summed E-state index contributed by atoms with van der Waals surface area (Å²) in [4.78, 5) is 16.4. The summed E-state index contributed by atoms with van der Waals surface area (Å²) in [6.45, 7) is 2.71. The highest BCUT2D eigenvalue weighted by atomic mass is 16.5. The van der Waals surface area contributed by atoms with Crippen LogP contribution >= 0.6 is 0 Å². The number of amides is 1. The molecular weight excluding hydrogens is 314 g/mol. The number of nitrogens with zero attached hydrogens (tertiary/aromatic N) is 1. The summed E-state index contributed by atoms with van der Waals surface area (Å²) in [5.74, 6) is 1.43. The summed E-state index contributed by atoms with van der Waals surface area (Å²) < 4.78 is 5.47. The van der Waals surface area contributed by atoms with Crippen LogP contribution in [0.15, 0.2) is 42.7 Å². The number of carbonyl (C=O) groups excluding carboxylic acids is 1. The number of nitrogens with one attached hydrogen (secondary N) is 2. The lowest BCUT2D eigenvalue weighted by molar-refractivity contribution is 0.0954. The third kappa shape index (κ3) is 4.79. The van der Waals surface area contributed by atoms with Gasteiger partial charge in [-0.05, 0) is 79.7 Å². The fourth-order valence-corrected chi connectivity index (χ4v) is 3.25. The van der Waals surface area contributed by atoms with Crippen molar-refractivity contribution in [2.45, 2.75) is 19.3 Å². The molecule has 1 aliphatic heterocycles. The van der Waals surface area contributed by atoms with Gasteiger partial charge < -0.3 is 15.4 Å². The van der Waals surface area contributed by atoms with Gasteiger partial charge in [0.25, 0.3) is 5.91 Å². The zero-order chi connectivity index (χ0) is 17.5. The van der Waals surface area contributed by atoms with Crippen molar-refractivity contribution < 1.29 is 9.53 Å². The number of methoxy groups -OCH3 is 1. The first-order valence-electron chi connectivity index (χ1n) is 8.81. The fourth-order valence-electron chi connectivity index (χ4n) is 3.25. The zero-order valence-corrected chi connectivity index (χ0v) is 14.6. The first-order chi connectivity index (χ1) is 12.3. The lowest BCUT2D eigenvalue weighted by Gasteiger charge is -2.14. The van der Waals surface area contributed by atoms with Crippen molar-refractivity contribution in [3.05, 3.63) is 59.4 Å². The number of carbonyl (C=O) groups is 1. The zero-order valence-electron chi connectivity index (χ0n) is 14.6. The van der Waals surface area contributed by atoms with E-state index < -0.39 is 0 Å². The van der Waals surface area contributed by atoms with Crippen LogP contribution in [0.3, 0.4) is 0 Å². The molecule has 2 N–H and O–H groups in total. The molecule has 0 spiro atoms. The van der Waals surface area contributed by atoms with Crippen molar-refractivity contribution in [1.82, 2.24) is 15.6 Å². The highest BCUT2D eigenvalue weighted by Gasteiger charge is 2.18. The Balaban J connectivity index is 1.61. The van der Waals surface area contributed by atoms with E-state index in [1.807, 2.05) is 30.3 Å². The van der Waals surface area contributed by atoms with Crippen LogP contribution < -0.4 is 15.4 Å². The lowest BCUT2D eigenvalue weighted by atomic mass is 9.96. The van der Waals surface area contributed by atoms with Crippen LogP contribution in [-0.4, -0.2) is 37.6 Å². The summed E-state index contributed by atoms with van der Waals surface area (Å²) in [5, 5.41) is 6.38. The highest BCUT2D eigenvalue weighted by Crippen LogP contribution is 2.25. The van der Waals surface area contributed by atoms with Gasteiger partial charge in [-0.25, -0.2) is 0 Å². The van der Waals surface area contributed by atoms with Crippen molar-refractivity contribution in [3.8, 4) is 5.75 Å². The van der Waals surface area contributed by atoms with E-state index in [1.165, 1.54) is 12.0 Å². The Morgan fingerprint density at radius 1 is 1.32 bits per heavy atom. The molecule has 0 bridgehead atoms. The second kappa shape index (κ2) is 8.62. The highest BCUT2D eigenvalue weighted by molar-refractivity contribution is 5.94. The number of hydrogen-bond acceptors (Lipinski definition) is 4. The van der Waals surface area contributed by atoms with Gasteiger partial charge in [0.1, 0.15) is 5.75 Å². The van der Waals surface area contributed by atoms with Gasteiger partial charge >= 0.3 is 0 Å². The van der Waals surface area contributed by atoms with E-state index in [2.05, 4.69) is 15.6 Å². The molecular formula is C20H25N3O2. The van der Waals surface area contributed by atoms with Crippen molar-refractivity contribution in [1.29, 1.82) is 0 Å². The number of aromatic nitrogens is 1. The van der Waals surface area contributed by atoms with E-state index in [9.17, 15) is 4.79 Å². The minimum absolute atomic E-state index is 0.0393. The first-order valence-corrected chi connectivity index (χ1v) is 8.81. The molecule has 1 amide bonds. The van der Waals surface area contributed by atoms with Crippen LogP contribution in [0, 0.1) is 5.92 Å². The Labute approximate surface area is 148 Å². The minimum Gasteiger partial charge on any atom is -0.496 e. The fraction of sp³-hybridized carbons (Fsp3) is 0.400. The van der Waals surface area contributed by atoms with Crippen LogP contribution in [0.25, 0.3) is 0 Å². The molecule has 5 nitrogen and oxygen atoms in total. The summed E-state index contributed by atoms with van der Waals surface area (Å²) in [6.07, 6.45) is 6.44. The quantitative estimate of drug-likeness (QED) is 0.812. The SMILES string of the molecule is COc1ccc(C(=O)NCCc2ccncc2)cc1CC1CCNC1. The standard InChI is InChI=1S/C20H25N3O2/c1-25-19-3-2-17(13-18(19)12-16-6-10-22-14-16)20(24)23-11-7-15-4-8-21-9-5-15/h2-5,8-9,13,16,22H,6-7,10-12,14H2,1H3,(H,23,24). The predicted octanol–water partition coefficient (Wildman–Crippen LogP) is 2.21. The van der Waals surface area contributed by atoms with E-state index in [0.717, 1.165) is 37.2 Å². The normalized spacial score (nSPS) is 16.6. The van der Waals surface area contributed by atoms with Crippen molar-refractivity contribution in [3.63, 3.8) is 0 Å². The van der Waals surface area contributed by atoms with Crippen LogP contribution in [0.1, 0.15) is 27.9 Å². The monoisotopic (exact) mass is 339 g/mol. The maximum absolute atomic E-state index is 12.4. The number of pyridine rings is 1. The van der Waals surface area contributed by atoms with Crippen LogP contribution in [-0.2, 0) is 12.8 Å². The topological polar surface area (TPSA) is 63.2 Å². The van der Waals surface area contributed by atoms with Gasteiger partial charge in [-0.3, -0.25) is 9.78 Å². The minimum atomic E-state index is -0.0393. The summed E-state index contributed by atoms with van der Waals surface area (Å²) >= 11 is 0. The maximum atomic E-state index is 12.4. The summed E-state index contributed by atoms with van der Waals surface area (Å²) in [6, 6.07) is 9.63. The molecule has 2 heterocycles. The molecule has 0 saturated carbocycles. The average Bonchev–Trinajstić information content (AvgIpc) is 3.15. The van der Waals surface area contributed by atoms with Crippen molar-refractivity contribution in [2.24, 2.45) is 5.92 Å². The molecule has 5 heteroatoms. The Kier molecular flexibility index (Phi) is 6.01. The predicted molar refractivity (Wildman–Crippen MR) is 97.9 cm³/mol. The average molecular weight is 339 g/mol. The van der Waals surface area contributed by atoms with Crippen LogP contribution in [0.2, 0.25) is 0 Å². The van der Waals surface area contributed by atoms with E-state index in [-0.39, 0.29) is 5.91 Å². The van der Waals surface area contributed by atoms with Gasteiger partial charge in [0.05, 0.1) is 7.11 Å². The molecule has 1 aromatic heterocycles. The second-order valence-corrected chi connectivity index (χ2v) is 6.45. The van der Waals surface area contributed by atoms with E-state index in [0.29, 0.717) is 18.0 Å². The third-order valence-corrected chi connectivity index (χ3v) is 4.66. The van der Waals surface area contributed by atoms with Crippen LogP contribution in [0.5, 0.6) is 5.75 Å². The molecule has 2 aromatic rings. The Hall–Kier alpha value is -2.40. The number of rotatable bonds is 7. The smallest absolute Gasteiger partial charge is 0.251 e. The molecule has 0 radical (unpaired) electrons. The molecule has 0 aliphatic carbocycles. The van der Waals surface area contributed by atoms with Gasteiger partial charge in [0, 0.05) is 24.5 Å². The molecule has 1 saturated heterocycles. The second-order valence-electron chi connectivity index (χ2n) is 6.45. The molecule has 3 rings (SSSR count). The lowest BCUT2D eigenvalue weighted by Crippen LogP contribution is -2.26. The molecule has 1 atom stereocenters. The number of hydrogen-bond donors (Lipinski definition) is 2. The van der Waals surface area contributed by atoms with Crippen LogP contribution in [0.4, 0.5) is 0 Å². The summed E-state index contributed by atoms with van der Waals surface area (Å²) in [7, 11) is 1.68. The van der Waals surface area contributed by atoms with Gasteiger partial charge in [0.2, 0.25) is 0 Å². The molecule has 1 aliphatic rings. The largest absolute Gasteiger partial charge is 0.496 e. The van der Waals surface area contributed by atoms with Crippen molar-refractivity contribution in [2.75, 3.05) is 26.7 Å². The van der Waals surface area contributed by atoms with E-state index in [1.54, 1.807) is 19.5 Å². The molecule has 132 valence electrons. The van der Waals surface area contributed by atoms with E-state index in [4.69, 9.17) is 4.74 Å². The molecule has 1 unspecified atom stereocenters.